The first-order chi connectivity index (χ1) is 15.2. The predicted molar refractivity (Wildman–Crippen MR) is 142 cm³/mol. The monoisotopic (exact) mass is 456 g/mol. The normalized spacial score (nSPS) is 12.0. The van der Waals surface area contributed by atoms with Crippen molar-refractivity contribution in [1.82, 2.24) is 0 Å². The summed E-state index contributed by atoms with van der Waals surface area (Å²) < 4.78 is 12.7. The maximum Gasteiger partial charge on any atom is 0.338 e. The Balaban J connectivity index is 3.92. The Kier molecular flexibility index (Phi) is 24.9. The molecule has 0 rings (SSSR count). The van der Waals surface area contributed by atoms with Crippen LogP contribution in [0.5, 0.6) is 0 Å². The highest BCUT2D eigenvalue weighted by molar-refractivity contribution is 6.67. The fourth-order valence-corrected chi connectivity index (χ4v) is 8.29. The molecule has 0 atom stereocenters. The molecule has 0 aliphatic rings. The summed E-state index contributed by atoms with van der Waals surface area (Å²) in [5.74, 6) is 0. The second-order valence-electron chi connectivity index (χ2n) is 9.64. The van der Waals surface area contributed by atoms with Gasteiger partial charge in [-0.15, -0.1) is 0 Å². The Labute approximate surface area is 198 Å². The second-order valence-corrected chi connectivity index (χ2v) is 13.0. The fraction of sp³-hybridized carbons (Fsp3) is 1.00. The Morgan fingerprint density at radius 1 is 0.355 bits per heavy atom. The highest BCUT2D eigenvalue weighted by Gasteiger charge is 2.35. The third-order valence-electron chi connectivity index (χ3n) is 6.64. The largest absolute Gasteiger partial charge is 0.394 e. The number of hydrogen-bond donors (Lipinski definition) is 0. The minimum absolute atomic E-state index is 0.821. The molecule has 188 valence electrons. The van der Waals surface area contributed by atoms with Crippen LogP contribution in [0.15, 0.2) is 0 Å². The zero-order chi connectivity index (χ0) is 22.9. The van der Waals surface area contributed by atoms with Gasteiger partial charge in [0, 0.05) is 13.2 Å². The van der Waals surface area contributed by atoms with E-state index in [9.17, 15) is 0 Å². The van der Waals surface area contributed by atoms with E-state index < -0.39 is 8.56 Å². The van der Waals surface area contributed by atoms with Gasteiger partial charge in [0.1, 0.15) is 0 Å². The van der Waals surface area contributed by atoms with Crippen LogP contribution in [0.3, 0.4) is 0 Å². The van der Waals surface area contributed by atoms with Crippen molar-refractivity contribution in [2.75, 3.05) is 13.2 Å². The van der Waals surface area contributed by atoms with Gasteiger partial charge in [0.2, 0.25) is 0 Å². The highest BCUT2D eigenvalue weighted by Crippen LogP contribution is 2.26. The summed E-state index contributed by atoms with van der Waals surface area (Å²) in [7, 11) is -1.98. The van der Waals surface area contributed by atoms with E-state index in [1.807, 2.05) is 0 Å². The van der Waals surface area contributed by atoms with Crippen LogP contribution in [-0.4, -0.2) is 21.8 Å². The molecular weight excluding hydrogens is 396 g/mol. The smallest absolute Gasteiger partial charge is 0.338 e. The van der Waals surface area contributed by atoms with Gasteiger partial charge >= 0.3 is 8.56 Å². The molecule has 0 saturated heterocycles. The average molecular weight is 457 g/mol. The van der Waals surface area contributed by atoms with Crippen molar-refractivity contribution >= 4 is 8.56 Å². The molecule has 0 heterocycles. The van der Waals surface area contributed by atoms with E-state index in [2.05, 4.69) is 27.7 Å². The fourth-order valence-electron chi connectivity index (χ4n) is 4.74. The van der Waals surface area contributed by atoms with Crippen molar-refractivity contribution in [2.45, 2.75) is 168 Å². The molecule has 0 aromatic heterocycles. The summed E-state index contributed by atoms with van der Waals surface area (Å²) in [6.45, 7) is 10.5. The van der Waals surface area contributed by atoms with E-state index in [0.29, 0.717) is 0 Å². The lowest BCUT2D eigenvalue weighted by Gasteiger charge is -2.30. The molecule has 0 aliphatic heterocycles. The summed E-state index contributed by atoms with van der Waals surface area (Å²) in [4.78, 5) is 0. The van der Waals surface area contributed by atoms with Crippen molar-refractivity contribution in [3.05, 3.63) is 0 Å². The third kappa shape index (κ3) is 20.5. The zero-order valence-electron chi connectivity index (χ0n) is 22.3. The standard InChI is InChI=1S/C28H60O2Si/c1-5-9-11-13-15-17-19-21-23-25-27-31(29-7-3,30-8-4)28-26-24-22-20-18-16-14-12-10-6-2/h5-28H2,1-4H3. The molecule has 0 spiro atoms. The van der Waals surface area contributed by atoms with Crippen molar-refractivity contribution < 1.29 is 8.85 Å². The van der Waals surface area contributed by atoms with Gasteiger partial charge in [-0.05, 0) is 25.9 Å². The molecule has 0 aliphatic carbocycles. The van der Waals surface area contributed by atoms with Gasteiger partial charge in [0.15, 0.2) is 0 Å². The number of hydrogen-bond acceptors (Lipinski definition) is 2. The van der Waals surface area contributed by atoms with Crippen LogP contribution in [0, 0.1) is 0 Å². The molecule has 0 aromatic rings. The van der Waals surface area contributed by atoms with Crippen LogP contribution in [0.2, 0.25) is 12.1 Å². The Hall–Kier alpha value is 0.137. The molecule has 0 amide bonds. The van der Waals surface area contributed by atoms with Gasteiger partial charge in [-0.1, -0.05) is 142 Å². The van der Waals surface area contributed by atoms with Gasteiger partial charge in [-0.25, -0.2) is 0 Å². The summed E-state index contributed by atoms with van der Waals surface area (Å²) in [6, 6.07) is 2.42. The van der Waals surface area contributed by atoms with Gasteiger partial charge in [-0.3, -0.25) is 0 Å². The second kappa shape index (κ2) is 24.8. The molecule has 0 N–H and O–H groups in total. The molecule has 0 fully saturated rings. The van der Waals surface area contributed by atoms with E-state index in [1.54, 1.807) is 0 Å². The molecule has 2 nitrogen and oxygen atoms in total. The highest BCUT2D eigenvalue weighted by atomic mass is 28.4. The Morgan fingerprint density at radius 3 is 0.871 bits per heavy atom. The first kappa shape index (κ1) is 31.1. The molecular formula is C28H60O2Si. The van der Waals surface area contributed by atoms with Crippen molar-refractivity contribution in [3.8, 4) is 0 Å². The first-order valence-corrected chi connectivity index (χ1v) is 16.8. The third-order valence-corrected chi connectivity index (χ3v) is 10.5. The molecule has 0 radical (unpaired) electrons. The molecule has 0 unspecified atom stereocenters. The van der Waals surface area contributed by atoms with Crippen molar-refractivity contribution in [3.63, 3.8) is 0 Å². The van der Waals surface area contributed by atoms with Crippen molar-refractivity contribution in [2.24, 2.45) is 0 Å². The van der Waals surface area contributed by atoms with Gasteiger partial charge in [0.05, 0.1) is 0 Å². The van der Waals surface area contributed by atoms with E-state index in [4.69, 9.17) is 8.85 Å². The molecule has 3 heteroatoms. The minimum Gasteiger partial charge on any atom is -0.394 e. The summed E-state index contributed by atoms with van der Waals surface area (Å²) in [5, 5.41) is 0. The van der Waals surface area contributed by atoms with E-state index >= 15 is 0 Å². The Bertz CT molecular complexity index is 303. The lowest BCUT2D eigenvalue weighted by atomic mass is 10.1. The molecule has 31 heavy (non-hydrogen) atoms. The maximum absolute atomic E-state index is 6.35. The summed E-state index contributed by atoms with van der Waals surface area (Å²) in [6.07, 6.45) is 28.0. The molecule has 0 saturated carbocycles. The van der Waals surface area contributed by atoms with Crippen LogP contribution < -0.4 is 0 Å². The quantitative estimate of drug-likeness (QED) is 0.0951. The summed E-state index contributed by atoms with van der Waals surface area (Å²) in [5.41, 5.74) is 0. The van der Waals surface area contributed by atoms with E-state index in [0.717, 1.165) is 13.2 Å². The lowest BCUT2D eigenvalue weighted by molar-refractivity contribution is 0.180. The van der Waals surface area contributed by atoms with Crippen LogP contribution in [0.4, 0.5) is 0 Å². The molecule has 0 bridgehead atoms. The SMILES string of the molecule is CCCCCCCCCCCC[Si](CCCCCCCCCCCC)(OCC)OCC. The predicted octanol–water partition coefficient (Wildman–Crippen LogP) is 10.3. The summed E-state index contributed by atoms with van der Waals surface area (Å²) >= 11 is 0. The number of rotatable bonds is 26. The van der Waals surface area contributed by atoms with Gasteiger partial charge < -0.3 is 8.85 Å². The average Bonchev–Trinajstić information content (AvgIpc) is 2.77. The first-order valence-electron chi connectivity index (χ1n) is 14.5. The number of unbranched alkanes of at least 4 members (excludes halogenated alkanes) is 18. The van der Waals surface area contributed by atoms with Crippen LogP contribution >= 0.6 is 0 Å². The lowest BCUT2D eigenvalue weighted by Crippen LogP contribution is -2.42. The van der Waals surface area contributed by atoms with Crippen LogP contribution in [-0.2, 0) is 8.85 Å². The van der Waals surface area contributed by atoms with Crippen molar-refractivity contribution in [1.29, 1.82) is 0 Å². The van der Waals surface area contributed by atoms with Crippen LogP contribution in [0.1, 0.15) is 156 Å². The van der Waals surface area contributed by atoms with Crippen LogP contribution in [0.25, 0.3) is 0 Å². The van der Waals surface area contributed by atoms with Gasteiger partial charge in [0.25, 0.3) is 0 Å². The van der Waals surface area contributed by atoms with E-state index in [1.165, 1.54) is 141 Å². The topological polar surface area (TPSA) is 18.5 Å². The molecule has 0 aromatic carbocycles. The van der Waals surface area contributed by atoms with E-state index in [-0.39, 0.29) is 0 Å². The Morgan fingerprint density at radius 2 is 0.613 bits per heavy atom. The zero-order valence-corrected chi connectivity index (χ0v) is 23.3. The maximum atomic E-state index is 6.35. The minimum atomic E-state index is -1.98. The van der Waals surface area contributed by atoms with Gasteiger partial charge in [-0.2, -0.15) is 0 Å².